The summed E-state index contributed by atoms with van der Waals surface area (Å²) in [4.78, 5) is 4.39. The van der Waals surface area contributed by atoms with E-state index in [0.29, 0.717) is 17.6 Å². The molecule has 1 aromatic heterocycles. The first-order chi connectivity index (χ1) is 9.28. The molecule has 0 radical (unpaired) electrons. The Morgan fingerprint density at radius 2 is 2.32 bits per heavy atom. The van der Waals surface area contributed by atoms with Gasteiger partial charge in [0.2, 0.25) is 5.89 Å². The van der Waals surface area contributed by atoms with Crippen molar-refractivity contribution in [3.8, 4) is 0 Å². The normalized spacial score (nSPS) is 18.9. The van der Waals surface area contributed by atoms with Crippen LogP contribution >= 0.6 is 0 Å². The molecule has 100 valence electrons. The first kappa shape index (κ1) is 12.2. The quantitative estimate of drug-likeness (QED) is 0.914. The number of aromatic nitrogens is 2. The van der Waals surface area contributed by atoms with Crippen molar-refractivity contribution in [3.63, 3.8) is 0 Å². The highest BCUT2D eigenvalue weighted by atomic mass is 16.5. The van der Waals surface area contributed by atoms with Crippen molar-refractivity contribution in [2.75, 3.05) is 19.0 Å². The smallest absolute Gasteiger partial charge is 0.227 e. The number of nitrogens with one attached hydrogen (secondary N) is 1. The molecule has 0 fully saturated rings. The van der Waals surface area contributed by atoms with Crippen LogP contribution in [0.1, 0.15) is 36.2 Å². The van der Waals surface area contributed by atoms with Gasteiger partial charge in [-0.05, 0) is 18.6 Å². The van der Waals surface area contributed by atoms with E-state index in [4.69, 9.17) is 9.26 Å². The first-order valence-electron chi connectivity index (χ1n) is 6.46. The van der Waals surface area contributed by atoms with Crippen LogP contribution in [0.2, 0.25) is 0 Å². The van der Waals surface area contributed by atoms with Gasteiger partial charge < -0.3 is 14.6 Å². The fourth-order valence-corrected chi connectivity index (χ4v) is 2.37. The highest BCUT2D eigenvalue weighted by Crippen LogP contribution is 2.33. The van der Waals surface area contributed by atoms with E-state index in [0.717, 1.165) is 13.0 Å². The van der Waals surface area contributed by atoms with Crippen molar-refractivity contribution >= 4 is 5.69 Å². The maximum absolute atomic E-state index is 5.30. The largest absolute Gasteiger partial charge is 0.384 e. The average molecular weight is 259 g/mol. The van der Waals surface area contributed by atoms with Crippen molar-refractivity contribution in [1.82, 2.24) is 10.1 Å². The van der Waals surface area contributed by atoms with E-state index in [1.54, 1.807) is 7.11 Å². The number of anilines is 1. The second-order valence-corrected chi connectivity index (χ2v) is 4.79. The molecule has 2 aromatic rings. The van der Waals surface area contributed by atoms with Crippen LogP contribution in [0.15, 0.2) is 28.8 Å². The van der Waals surface area contributed by atoms with Gasteiger partial charge in [0.25, 0.3) is 0 Å². The molecule has 1 aromatic carbocycles. The highest BCUT2D eigenvalue weighted by molar-refractivity contribution is 5.57. The third-order valence-electron chi connectivity index (χ3n) is 3.56. The van der Waals surface area contributed by atoms with E-state index in [1.807, 2.05) is 13.0 Å². The lowest BCUT2D eigenvalue weighted by Crippen LogP contribution is -2.06. The Labute approximate surface area is 112 Å². The van der Waals surface area contributed by atoms with Gasteiger partial charge in [-0.1, -0.05) is 23.4 Å². The Hall–Kier alpha value is -1.88. The second-order valence-electron chi connectivity index (χ2n) is 4.79. The summed E-state index contributed by atoms with van der Waals surface area (Å²) in [5.41, 5.74) is 2.53. The summed E-state index contributed by atoms with van der Waals surface area (Å²) in [7, 11) is 1.64. The van der Waals surface area contributed by atoms with Gasteiger partial charge in [-0.25, -0.2) is 0 Å². The summed E-state index contributed by atoms with van der Waals surface area (Å²) in [6.45, 7) is 2.82. The molecule has 0 spiro atoms. The number of hydrogen-bond donors (Lipinski definition) is 1. The van der Waals surface area contributed by atoms with Crippen LogP contribution < -0.4 is 5.32 Å². The molecule has 0 bridgehead atoms. The Morgan fingerprint density at radius 1 is 1.47 bits per heavy atom. The van der Waals surface area contributed by atoms with Crippen molar-refractivity contribution in [1.29, 1.82) is 0 Å². The van der Waals surface area contributed by atoms with E-state index < -0.39 is 0 Å². The number of fused-ring (bicyclic) bond motifs is 1. The van der Waals surface area contributed by atoms with Gasteiger partial charge in [-0.3, -0.25) is 0 Å². The molecular weight excluding hydrogens is 242 g/mol. The molecule has 0 amide bonds. The minimum atomic E-state index is -0.133. The van der Waals surface area contributed by atoms with Crippen molar-refractivity contribution in [3.05, 3.63) is 41.5 Å². The number of hydrogen-bond acceptors (Lipinski definition) is 5. The number of methoxy groups -OCH3 is 1. The molecule has 1 aliphatic heterocycles. The van der Waals surface area contributed by atoms with Gasteiger partial charge in [-0.15, -0.1) is 0 Å². The molecule has 2 heterocycles. The number of para-hydroxylation sites is 1. The number of ether oxygens (including phenoxy) is 1. The number of nitrogens with zero attached hydrogens (tertiary/aromatic N) is 2. The molecule has 5 heteroatoms. The predicted molar refractivity (Wildman–Crippen MR) is 71.1 cm³/mol. The van der Waals surface area contributed by atoms with Gasteiger partial charge in [0.1, 0.15) is 6.10 Å². The zero-order valence-corrected chi connectivity index (χ0v) is 11.1. The van der Waals surface area contributed by atoms with Crippen LogP contribution in [0.3, 0.4) is 0 Å². The molecule has 0 aliphatic carbocycles. The van der Waals surface area contributed by atoms with E-state index in [-0.39, 0.29) is 6.10 Å². The maximum Gasteiger partial charge on any atom is 0.227 e. The first-order valence-corrected chi connectivity index (χ1v) is 6.46. The SMILES string of the molecule is COC(C)c1noc(CC2CNc3ccccc32)n1. The number of benzene rings is 1. The van der Waals surface area contributed by atoms with Crippen molar-refractivity contribution in [2.45, 2.75) is 25.4 Å². The van der Waals surface area contributed by atoms with Crippen molar-refractivity contribution in [2.24, 2.45) is 0 Å². The molecule has 3 rings (SSSR count). The molecule has 1 aliphatic rings. The molecule has 2 atom stereocenters. The van der Waals surface area contributed by atoms with Gasteiger partial charge in [-0.2, -0.15) is 4.98 Å². The maximum atomic E-state index is 5.30. The van der Waals surface area contributed by atoms with E-state index in [1.165, 1.54) is 11.3 Å². The fraction of sp³-hybridized carbons (Fsp3) is 0.429. The summed E-state index contributed by atoms with van der Waals surface area (Å²) in [5, 5.41) is 7.35. The topological polar surface area (TPSA) is 60.2 Å². The van der Waals surface area contributed by atoms with Crippen LogP contribution in [0.25, 0.3) is 0 Å². The minimum Gasteiger partial charge on any atom is -0.384 e. The fourth-order valence-electron chi connectivity index (χ4n) is 2.37. The van der Waals surface area contributed by atoms with Gasteiger partial charge in [0.05, 0.1) is 0 Å². The molecule has 0 saturated heterocycles. The van der Waals surface area contributed by atoms with Crippen LogP contribution in [0.4, 0.5) is 5.69 Å². The van der Waals surface area contributed by atoms with Crippen LogP contribution in [-0.4, -0.2) is 23.8 Å². The van der Waals surface area contributed by atoms with Crippen LogP contribution in [-0.2, 0) is 11.2 Å². The van der Waals surface area contributed by atoms with E-state index >= 15 is 0 Å². The summed E-state index contributed by atoms with van der Waals surface area (Å²) in [6, 6.07) is 8.35. The molecule has 1 N–H and O–H groups in total. The lowest BCUT2D eigenvalue weighted by Gasteiger charge is -2.06. The summed E-state index contributed by atoms with van der Waals surface area (Å²) in [6.07, 6.45) is 0.625. The monoisotopic (exact) mass is 259 g/mol. The lowest BCUT2D eigenvalue weighted by atomic mass is 9.98. The van der Waals surface area contributed by atoms with E-state index in [9.17, 15) is 0 Å². The highest BCUT2D eigenvalue weighted by Gasteiger charge is 2.24. The Bertz CT molecular complexity index is 567. The molecule has 5 nitrogen and oxygen atoms in total. The van der Waals surface area contributed by atoms with Crippen molar-refractivity contribution < 1.29 is 9.26 Å². The molecule has 0 saturated carbocycles. The zero-order valence-electron chi connectivity index (χ0n) is 11.1. The Morgan fingerprint density at radius 3 is 3.16 bits per heavy atom. The molecule has 19 heavy (non-hydrogen) atoms. The third kappa shape index (κ3) is 2.33. The molecule has 2 unspecified atom stereocenters. The second kappa shape index (κ2) is 5.01. The summed E-state index contributed by atoms with van der Waals surface area (Å²) in [5.74, 6) is 1.67. The third-order valence-corrected chi connectivity index (χ3v) is 3.56. The van der Waals surface area contributed by atoms with Crippen LogP contribution in [0, 0.1) is 0 Å². The van der Waals surface area contributed by atoms with Gasteiger partial charge in [0.15, 0.2) is 5.82 Å². The molecular formula is C14H17N3O2. The van der Waals surface area contributed by atoms with E-state index in [2.05, 4.69) is 33.7 Å². The zero-order chi connectivity index (χ0) is 13.2. The Kier molecular flexibility index (Phi) is 3.21. The lowest BCUT2D eigenvalue weighted by molar-refractivity contribution is 0.109. The number of rotatable bonds is 4. The Balaban J connectivity index is 1.74. The van der Waals surface area contributed by atoms with Gasteiger partial charge >= 0.3 is 0 Å². The average Bonchev–Trinajstić information content (AvgIpc) is 3.06. The standard InChI is InChI=1S/C14H17N3O2/c1-9(18-2)14-16-13(19-17-14)7-10-8-15-12-6-4-3-5-11(10)12/h3-6,9-10,15H,7-8H2,1-2H3. The summed E-state index contributed by atoms with van der Waals surface area (Å²) < 4.78 is 10.5. The predicted octanol–water partition coefficient (Wildman–Crippen LogP) is 2.53. The summed E-state index contributed by atoms with van der Waals surface area (Å²) >= 11 is 0. The van der Waals surface area contributed by atoms with Crippen LogP contribution in [0.5, 0.6) is 0 Å². The van der Waals surface area contributed by atoms with Gasteiger partial charge in [0, 0.05) is 31.7 Å². The minimum absolute atomic E-state index is 0.133.